The highest BCUT2D eigenvalue weighted by molar-refractivity contribution is 6.47. The Morgan fingerprint density at radius 3 is 2.53 bits per heavy atom. The molecule has 0 bridgehead atoms. The summed E-state index contributed by atoms with van der Waals surface area (Å²) >= 11 is 12.5. The number of aliphatic hydroxyl groups excluding tert-OH is 1. The highest BCUT2D eigenvalue weighted by Crippen LogP contribution is 2.44. The number of nitrogens with zero attached hydrogens (tertiary/aromatic N) is 1. The van der Waals surface area contributed by atoms with E-state index in [0.717, 1.165) is 16.3 Å². The second-order valence-electron chi connectivity index (χ2n) is 7.88. The Labute approximate surface area is 207 Å². The molecule has 1 unspecified atom stereocenters. The van der Waals surface area contributed by atoms with Crippen LogP contribution < -0.4 is 4.74 Å². The van der Waals surface area contributed by atoms with Crippen molar-refractivity contribution < 1.29 is 24.2 Å². The van der Waals surface area contributed by atoms with E-state index in [2.05, 4.69) is 0 Å². The maximum atomic E-state index is 13.3. The quantitative estimate of drug-likeness (QED) is 0.198. The van der Waals surface area contributed by atoms with Gasteiger partial charge in [0, 0.05) is 25.3 Å². The predicted molar refractivity (Wildman–Crippen MR) is 132 cm³/mol. The lowest BCUT2D eigenvalue weighted by Gasteiger charge is -2.26. The number of aliphatic hydroxyl groups is 1. The van der Waals surface area contributed by atoms with Crippen LogP contribution in [0.2, 0.25) is 10.0 Å². The maximum Gasteiger partial charge on any atom is 0.295 e. The highest BCUT2D eigenvalue weighted by Gasteiger charge is 2.46. The number of Topliss-reactive ketones (excluding diaryl/α,β-unsaturated/α-hetero) is 1. The van der Waals surface area contributed by atoms with Gasteiger partial charge in [-0.2, -0.15) is 0 Å². The first-order chi connectivity index (χ1) is 16.4. The van der Waals surface area contributed by atoms with Crippen LogP contribution in [-0.2, 0) is 14.3 Å². The summed E-state index contributed by atoms with van der Waals surface area (Å²) in [6.45, 7) is 0.694. The van der Waals surface area contributed by atoms with Gasteiger partial charge in [0.1, 0.15) is 11.5 Å². The Morgan fingerprint density at radius 1 is 1.06 bits per heavy atom. The maximum absolute atomic E-state index is 13.3. The number of carbonyl (C=O) groups excluding carboxylic acids is 2. The van der Waals surface area contributed by atoms with Crippen LogP contribution in [0.3, 0.4) is 0 Å². The average molecular weight is 500 g/mol. The van der Waals surface area contributed by atoms with Crippen molar-refractivity contribution in [2.24, 2.45) is 0 Å². The minimum Gasteiger partial charge on any atom is -0.507 e. The molecule has 6 nitrogen and oxygen atoms in total. The number of methoxy groups -OCH3 is 2. The molecule has 0 aromatic heterocycles. The number of ketones is 1. The fourth-order valence-electron chi connectivity index (χ4n) is 4.39. The van der Waals surface area contributed by atoms with Gasteiger partial charge in [0.05, 0.1) is 29.3 Å². The van der Waals surface area contributed by atoms with Gasteiger partial charge in [-0.25, -0.2) is 0 Å². The number of carbonyl (C=O) groups is 2. The van der Waals surface area contributed by atoms with E-state index in [4.69, 9.17) is 32.7 Å². The molecule has 176 valence electrons. The summed E-state index contributed by atoms with van der Waals surface area (Å²) in [5, 5.41) is 13.7. The molecular weight excluding hydrogens is 477 g/mol. The molecule has 8 heteroatoms. The van der Waals surface area contributed by atoms with Gasteiger partial charge >= 0.3 is 0 Å². The smallest absolute Gasteiger partial charge is 0.295 e. The Hall–Kier alpha value is -3.06. The third kappa shape index (κ3) is 4.25. The molecule has 34 heavy (non-hydrogen) atoms. The summed E-state index contributed by atoms with van der Waals surface area (Å²) in [6, 6.07) is 15.5. The number of ether oxygens (including phenoxy) is 2. The van der Waals surface area contributed by atoms with Crippen LogP contribution in [-0.4, -0.2) is 49.1 Å². The number of hydrogen-bond acceptors (Lipinski definition) is 5. The zero-order valence-corrected chi connectivity index (χ0v) is 20.2. The molecule has 1 aliphatic rings. The molecule has 1 aliphatic heterocycles. The lowest BCUT2D eigenvalue weighted by Crippen LogP contribution is -2.31. The number of rotatable bonds is 7. The monoisotopic (exact) mass is 499 g/mol. The molecule has 4 rings (SSSR count). The summed E-state index contributed by atoms with van der Waals surface area (Å²) in [5.74, 6) is -1.72. The van der Waals surface area contributed by atoms with Crippen molar-refractivity contribution in [2.45, 2.75) is 12.5 Å². The van der Waals surface area contributed by atoms with Crippen LogP contribution in [0, 0.1) is 0 Å². The molecule has 1 heterocycles. The van der Waals surface area contributed by atoms with Crippen molar-refractivity contribution in [3.05, 3.63) is 81.3 Å². The van der Waals surface area contributed by atoms with Gasteiger partial charge in [0.15, 0.2) is 0 Å². The Bertz CT molecular complexity index is 1300. The number of fused-ring (bicyclic) bond motifs is 1. The molecule has 0 radical (unpaired) electrons. The van der Waals surface area contributed by atoms with E-state index in [-0.39, 0.29) is 33.5 Å². The van der Waals surface area contributed by atoms with Gasteiger partial charge in [0.25, 0.3) is 11.7 Å². The van der Waals surface area contributed by atoms with Crippen molar-refractivity contribution in [1.82, 2.24) is 4.90 Å². The van der Waals surface area contributed by atoms with Crippen LogP contribution in [0.1, 0.15) is 23.6 Å². The normalized spacial score (nSPS) is 17.5. The molecule has 1 atom stereocenters. The van der Waals surface area contributed by atoms with E-state index < -0.39 is 23.5 Å². The molecule has 0 spiro atoms. The van der Waals surface area contributed by atoms with E-state index in [9.17, 15) is 14.7 Å². The number of amides is 1. The van der Waals surface area contributed by atoms with Crippen LogP contribution >= 0.6 is 23.2 Å². The molecule has 1 N–H and O–H groups in total. The molecule has 1 saturated heterocycles. The Balaban J connectivity index is 1.98. The van der Waals surface area contributed by atoms with Crippen LogP contribution in [0.5, 0.6) is 5.75 Å². The number of benzene rings is 3. The fourth-order valence-corrected chi connectivity index (χ4v) is 4.96. The SMILES string of the molecule is COCCCN1C(=O)C(=O)/C(=C(/O)c2cc(Cl)cc(Cl)c2OC)C1c1cccc2ccccc12. The zero-order valence-electron chi connectivity index (χ0n) is 18.7. The predicted octanol–water partition coefficient (Wildman–Crippen LogP) is 5.61. The Morgan fingerprint density at radius 2 is 1.79 bits per heavy atom. The lowest BCUT2D eigenvalue weighted by atomic mass is 9.91. The minimum absolute atomic E-state index is 0.0459. The summed E-state index contributed by atoms with van der Waals surface area (Å²) in [6.07, 6.45) is 0.525. The molecule has 3 aromatic carbocycles. The van der Waals surface area contributed by atoms with Gasteiger partial charge < -0.3 is 19.5 Å². The van der Waals surface area contributed by atoms with Gasteiger partial charge in [-0.3, -0.25) is 9.59 Å². The summed E-state index contributed by atoms with van der Waals surface area (Å²) in [7, 11) is 2.98. The van der Waals surface area contributed by atoms with E-state index in [0.29, 0.717) is 13.0 Å². The molecule has 1 amide bonds. The molecule has 3 aromatic rings. The van der Waals surface area contributed by atoms with Crippen molar-refractivity contribution >= 4 is 51.4 Å². The third-order valence-electron chi connectivity index (χ3n) is 5.87. The molecule has 0 saturated carbocycles. The van der Waals surface area contributed by atoms with Crippen molar-refractivity contribution in [3.8, 4) is 5.75 Å². The van der Waals surface area contributed by atoms with Gasteiger partial charge in [0.2, 0.25) is 0 Å². The first-order valence-electron chi connectivity index (χ1n) is 10.7. The van der Waals surface area contributed by atoms with E-state index in [1.54, 1.807) is 7.11 Å². The third-order valence-corrected chi connectivity index (χ3v) is 6.37. The minimum atomic E-state index is -0.814. The van der Waals surface area contributed by atoms with Crippen molar-refractivity contribution in [3.63, 3.8) is 0 Å². The van der Waals surface area contributed by atoms with Crippen LogP contribution in [0.15, 0.2) is 60.2 Å². The van der Waals surface area contributed by atoms with Crippen molar-refractivity contribution in [2.75, 3.05) is 27.4 Å². The highest BCUT2D eigenvalue weighted by atomic mass is 35.5. The van der Waals surface area contributed by atoms with Crippen molar-refractivity contribution in [1.29, 1.82) is 0 Å². The van der Waals surface area contributed by atoms with Gasteiger partial charge in [-0.15, -0.1) is 0 Å². The molecular formula is C26H23Cl2NO5. The average Bonchev–Trinajstić information content (AvgIpc) is 3.08. The standard InChI is InChI=1S/C26H23Cl2NO5/c1-33-12-6-11-29-22(18-10-5-8-15-7-3-4-9-17(15)18)21(24(31)26(29)32)23(30)19-13-16(27)14-20(28)25(19)34-2/h3-5,7-10,13-14,22,30H,6,11-12H2,1-2H3/b23-21+. The van der Waals surface area contributed by atoms with Crippen LogP contribution in [0.25, 0.3) is 16.5 Å². The number of likely N-dealkylation sites (tertiary alicyclic amines) is 1. The largest absolute Gasteiger partial charge is 0.507 e. The van der Waals surface area contributed by atoms with E-state index in [1.165, 1.54) is 24.1 Å². The summed E-state index contributed by atoms with van der Waals surface area (Å²) in [5.41, 5.74) is 0.818. The second kappa shape index (κ2) is 10.1. The topological polar surface area (TPSA) is 76.1 Å². The number of hydrogen-bond donors (Lipinski definition) is 1. The van der Waals surface area contributed by atoms with Crippen LogP contribution in [0.4, 0.5) is 0 Å². The summed E-state index contributed by atoms with van der Waals surface area (Å²) in [4.78, 5) is 27.9. The summed E-state index contributed by atoms with van der Waals surface area (Å²) < 4.78 is 10.5. The van der Waals surface area contributed by atoms with E-state index in [1.807, 2.05) is 42.5 Å². The van der Waals surface area contributed by atoms with E-state index >= 15 is 0 Å². The first kappa shape index (κ1) is 24.1. The van der Waals surface area contributed by atoms with Gasteiger partial charge in [-0.1, -0.05) is 65.7 Å². The van der Waals surface area contributed by atoms with Gasteiger partial charge in [-0.05, 0) is 34.9 Å². The first-order valence-corrected chi connectivity index (χ1v) is 11.4. The fraction of sp³-hybridized carbons (Fsp3) is 0.231. The molecule has 1 fully saturated rings. The lowest BCUT2D eigenvalue weighted by molar-refractivity contribution is -0.140. The second-order valence-corrected chi connectivity index (χ2v) is 8.72. The molecule has 0 aliphatic carbocycles. The Kier molecular flexibility index (Phi) is 7.12. The zero-order chi connectivity index (χ0) is 24.4. The number of halogens is 2.